The van der Waals surface area contributed by atoms with E-state index in [2.05, 4.69) is 5.32 Å². The second-order valence-corrected chi connectivity index (χ2v) is 4.61. The molecule has 0 aliphatic rings. The third kappa shape index (κ3) is 2.87. The van der Waals surface area contributed by atoms with Crippen LogP contribution in [0.25, 0.3) is 0 Å². The van der Waals surface area contributed by atoms with E-state index in [4.69, 9.17) is 0 Å². The highest BCUT2D eigenvalue weighted by Crippen LogP contribution is 2.33. The highest BCUT2D eigenvalue weighted by atomic mass is 19.4. The first-order chi connectivity index (χ1) is 9.29. The van der Waals surface area contributed by atoms with Gasteiger partial charge in [-0.3, -0.25) is 0 Å². The molecule has 0 radical (unpaired) electrons. The first-order valence-electron chi connectivity index (χ1n) is 6.02. The first kappa shape index (κ1) is 14.2. The maximum Gasteiger partial charge on any atom is 0.416 e. The van der Waals surface area contributed by atoms with Crippen molar-refractivity contribution in [1.82, 2.24) is 0 Å². The molecule has 2 aromatic rings. The van der Waals surface area contributed by atoms with Crippen molar-refractivity contribution in [2.45, 2.75) is 20.0 Å². The van der Waals surface area contributed by atoms with Crippen LogP contribution in [-0.4, -0.2) is 5.11 Å². The van der Waals surface area contributed by atoms with Gasteiger partial charge in [-0.05, 0) is 43.7 Å². The molecular weight excluding hydrogens is 267 g/mol. The standard InChI is InChI=1S/C15H14F3NO/c1-9-6-7-13(10(2)14(9)20)19-12-5-3-4-11(8-12)15(16,17)18/h3-8,19-20H,1-2H3. The molecule has 2 rings (SSSR count). The first-order valence-corrected chi connectivity index (χ1v) is 6.02. The van der Waals surface area contributed by atoms with E-state index in [0.717, 1.165) is 17.7 Å². The molecule has 0 saturated carbocycles. The van der Waals surface area contributed by atoms with Crippen molar-refractivity contribution in [2.75, 3.05) is 5.32 Å². The van der Waals surface area contributed by atoms with E-state index in [0.29, 0.717) is 16.9 Å². The van der Waals surface area contributed by atoms with Crippen molar-refractivity contribution in [3.63, 3.8) is 0 Å². The Labute approximate surface area is 114 Å². The number of phenolic OH excluding ortho intramolecular Hbond substituents is 1. The number of aromatic hydroxyl groups is 1. The minimum atomic E-state index is -4.37. The molecule has 0 fully saturated rings. The van der Waals surface area contributed by atoms with Gasteiger partial charge in [0.15, 0.2) is 0 Å². The second-order valence-electron chi connectivity index (χ2n) is 4.61. The Balaban J connectivity index is 2.34. The minimum absolute atomic E-state index is 0.141. The number of alkyl halides is 3. The molecule has 5 heteroatoms. The predicted octanol–water partition coefficient (Wildman–Crippen LogP) is 4.77. The molecule has 0 atom stereocenters. The quantitative estimate of drug-likeness (QED) is 0.831. The van der Waals surface area contributed by atoms with Crippen LogP contribution in [0.1, 0.15) is 16.7 Å². The lowest BCUT2D eigenvalue weighted by atomic mass is 10.1. The van der Waals surface area contributed by atoms with Crippen molar-refractivity contribution in [3.05, 3.63) is 53.1 Å². The summed E-state index contributed by atoms with van der Waals surface area (Å²) in [4.78, 5) is 0. The van der Waals surface area contributed by atoms with E-state index < -0.39 is 11.7 Å². The van der Waals surface area contributed by atoms with E-state index in [-0.39, 0.29) is 5.75 Å². The van der Waals surface area contributed by atoms with Crippen LogP contribution >= 0.6 is 0 Å². The van der Waals surface area contributed by atoms with Gasteiger partial charge in [0.2, 0.25) is 0 Å². The van der Waals surface area contributed by atoms with Crippen LogP contribution in [0.3, 0.4) is 0 Å². The molecule has 0 amide bonds. The molecule has 2 nitrogen and oxygen atoms in total. The molecular formula is C15H14F3NO. The summed E-state index contributed by atoms with van der Waals surface area (Å²) >= 11 is 0. The molecule has 0 spiro atoms. The lowest BCUT2D eigenvalue weighted by Crippen LogP contribution is -2.05. The van der Waals surface area contributed by atoms with Crippen molar-refractivity contribution in [1.29, 1.82) is 0 Å². The smallest absolute Gasteiger partial charge is 0.416 e. The fourth-order valence-electron chi connectivity index (χ4n) is 1.90. The number of aryl methyl sites for hydroxylation is 1. The summed E-state index contributed by atoms with van der Waals surface area (Å²) in [6.45, 7) is 3.47. The summed E-state index contributed by atoms with van der Waals surface area (Å²) in [5, 5.41) is 12.7. The van der Waals surface area contributed by atoms with Gasteiger partial charge in [-0.25, -0.2) is 0 Å². The van der Waals surface area contributed by atoms with E-state index in [9.17, 15) is 18.3 Å². The zero-order chi connectivity index (χ0) is 14.9. The molecule has 0 aromatic heterocycles. The number of rotatable bonds is 2. The summed E-state index contributed by atoms with van der Waals surface area (Å²) in [7, 11) is 0. The van der Waals surface area contributed by atoms with Gasteiger partial charge in [0.05, 0.1) is 5.56 Å². The van der Waals surface area contributed by atoms with Gasteiger partial charge in [0, 0.05) is 16.9 Å². The third-order valence-corrected chi connectivity index (χ3v) is 3.10. The van der Waals surface area contributed by atoms with Crippen LogP contribution < -0.4 is 5.32 Å². The van der Waals surface area contributed by atoms with Crippen molar-refractivity contribution in [3.8, 4) is 5.75 Å². The van der Waals surface area contributed by atoms with Crippen LogP contribution in [0.5, 0.6) is 5.75 Å². The monoisotopic (exact) mass is 281 g/mol. The number of phenols is 1. The molecule has 0 aliphatic carbocycles. The van der Waals surface area contributed by atoms with E-state index in [1.165, 1.54) is 6.07 Å². The summed E-state index contributed by atoms with van der Waals surface area (Å²) < 4.78 is 37.9. The van der Waals surface area contributed by atoms with Crippen LogP contribution in [-0.2, 0) is 6.18 Å². The Morgan fingerprint density at radius 1 is 1.05 bits per heavy atom. The molecule has 2 N–H and O–H groups in total. The Bertz CT molecular complexity index is 636. The maximum absolute atomic E-state index is 12.6. The van der Waals surface area contributed by atoms with Crippen LogP contribution in [0.4, 0.5) is 24.5 Å². The molecule has 0 unspecified atom stereocenters. The number of halogens is 3. The fourth-order valence-corrected chi connectivity index (χ4v) is 1.90. The fraction of sp³-hybridized carbons (Fsp3) is 0.200. The van der Waals surface area contributed by atoms with Gasteiger partial charge in [-0.2, -0.15) is 13.2 Å². The molecule has 20 heavy (non-hydrogen) atoms. The number of nitrogens with one attached hydrogen (secondary N) is 1. The Morgan fingerprint density at radius 3 is 2.40 bits per heavy atom. The predicted molar refractivity (Wildman–Crippen MR) is 72.3 cm³/mol. The van der Waals surface area contributed by atoms with Gasteiger partial charge in [0.1, 0.15) is 5.75 Å². The summed E-state index contributed by atoms with van der Waals surface area (Å²) in [5.74, 6) is 0.141. The highest BCUT2D eigenvalue weighted by molar-refractivity contribution is 5.67. The summed E-state index contributed by atoms with van der Waals surface area (Å²) in [6.07, 6.45) is -4.37. The lowest BCUT2D eigenvalue weighted by Gasteiger charge is -2.14. The van der Waals surface area contributed by atoms with E-state index in [1.807, 2.05) is 0 Å². The molecule has 0 saturated heterocycles. The van der Waals surface area contributed by atoms with Gasteiger partial charge in [0.25, 0.3) is 0 Å². The molecule has 2 aromatic carbocycles. The second kappa shape index (κ2) is 5.07. The largest absolute Gasteiger partial charge is 0.507 e. The zero-order valence-corrected chi connectivity index (χ0v) is 11.0. The third-order valence-electron chi connectivity index (χ3n) is 3.10. The lowest BCUT2D eigenvalue weighted by molar-refractivity contribution is -0.137. The average molecular weight is 281 g/mol. The van der Waals surface area contributed by atoms with Gasteiger partial charge >= 0.3 is 6.18 Å². The SMILES string of the molecule is Cc1ccc(Nc2cccc(C(F)(F)F)c2)c(C)c1O. The van der Waals surface area contributed by atoms with Crippen molar-refractivity contribution >= 4 is 11.4 Å². The summed E-state index contributed by atoms with van der Waals surface area (Å²) in [6, 6.07) is 8.38. The highest BCUT2D eigenvalue weighted by Gasteiger charge is 2.30. The van der Waals surface area contributed by atoms with Crippen LogP contribution in [0, 0.1) is 13.8 Å². The van der Waals surface area contributed by atoms with Gasteiger partial charge < -0.3 is 10.4 Å². The Kier molecular flexibility index (Phi) is 3.61. The normalized spacial score (nSPS) is 11.4. The average Bonchev–Trinajstić information content (AvgIpc) is 2.39. The maximum atomic E-state index is 12.6. The Hall–Kier alpha value is -2.17. The van der Waals surface area contributed by atoms with Crippen LogP contribution in [0.15, 0.2) is 36.4 Å². The zero-order valence-electron chi connectivity index (χ0n) is 11.0. The number of hydrogen-bond acceptors (Lipinski definition) is 2. The topological polar surface area (TPSA) is 32.3 Å². The molecule has 106 valence electrons. The van der Waals surface area contributed by atoms with Gasteiger partial charge in [-0.15, -0.1) is 0 Å². The van der Waals surface area contributed by atoms with Crippen molar-refractivity contribution in [2.24, 2.45) is 0 Å². The van der Waals surface area contributed by atoms with Crippen LogP contribution in [0.2, 0.25) is 0 Å². The molecule has 0 bridgehead atoms. The molecule has 0 heterocycles. The van der Waals surface area contributed by atoms with E-state index in [1.54, 1.807) is 32.0 Å². The number of hydrogen-bond donors (Lipinski definition) is 2. The van der Waals surface area contributed by atoms with Crippen molar-refractivity contribution < 1.29 is 18.3 Å². The number of anilines is 2. The number of benzene rings is 2. The molecule has 0 aliphatic heterocycles. The van der Waals surface area contributed by atoms with E-state index >= 15 is 0 Å². The minimum Gasteiger partial charge on any atom is -0.507 e. The Morgan fingerprint density at radius 2 is 1.75 bits per heavy atom. The van der Waals surface area contributed by atoms with Gasteiger partial charge in [-0.1, -0.05) is 12.1 Å². The summed E-state index contributed by atoms with van der Waals surface area (Å²) in [5.41, 5.74) is 1.51.